The van der Waals surface area contributed by atoms with E-state index in [9.17, 15) is 9.59 Å². The average molecular weight is 244 g/mol. The van der Waals surface area contributed by atoms with Gasteiger partial charge in [0.25, 0.3) is 0 Å². The fraction of sp³-hybridized carbons (Fsp3) is 0.200. The van der Waals surface area contributed by atoms with Gasteiger partial charge in [-0.2, -0.15) is 0 Å². The van der Waals surface area contributed by atoms with E-state index in [1.807, 2.05) is 0 Å². The Kier molecular flexibility index (Phi) is 3.87. The van der Waals surface area contributed by atoms with Crippen molar-refractivity contribution in [3.05, 3.63) is 28.8 Å². The van der Waals surface area contributed by atoms with Crippen LogP contribution < -0.4 is 10.5 Å². The second kappa shape index (κ2) is 4.96. The highest BCUT2D eigenvalue weighted by atomic mass is 35.5. The Hall–Kier alpha value is -1.59. The number of halogens is 1. The van der Waals surface area contributed by atoms with Gasteiger partial charge in [0.2, 0.25) is 0 Å². The molecule has 0 aliphatic rings. The largest absolute Gasteiger partial charge is 0.496 e. The van der Waals surface area contributed by atoms with Crippen LogP contribution in [-0.2, 0) is 4.79 Å². The third kappa shape index (κ3) is 2.50. The van der Waals surface area contributed by atoms with Crippen LogP contribution in [0.2, 0.25) is 5.02 Å². The zero-order valence-electron chi connectivity index (χ0n) is 8.44. The Balaban J connectivity index is 3.16. The minimum Gasteiger partial charge on any atom is -0.496 e. The molecule has 0 amide bonds. The molecule has 0 saturated carbocycles. The molecule has 1 aromatic carbocycles. The number of hydrogen-bond acceptors (Lipinski definition) is 4. The van der Waals surface area contributed by atoms with E-state index >= 15 is 0 Å². The molecule has 1 aromatic rings. The Morgan fingerprint density at radius 2 is 2.12 bits per heavy atom. The summed E-state index contributed by atoms with van der Waals surface area (Å²) < 4.78 is 4.92. The van der Waals surface area contributed by atoms with Gasteiger partial charge in [-0.15, -0.1) is 0 Å². The predicted octanol–water partition coefficient (Wildman–Crippen LogP) is 0.943. The maximum atomic E-state index is 11.7. The van der Waals surface area contributed by atoms with Crippen LogP contribution in [0.15, 0.2) is 18.2 Å². The second-order valence-corrected chi connectivity index (χ2v) is 3.46. The molecule has 3 N–H and O–H groups in total. The lowest BCUT2D eigenvalue weighted by atomic mass is 10.0. The van der Waals surface area contributed by atoms with E-state index in [4.69, 9.17) is 27.2 Å². The number of ether oxygens (including phenoxy) is 1. The molecular formula is C10H10ClNO4. The summed E-state index contributed by atoms with van der Waals surface area (Å²) in [6.45, 7) is 0. The first kappa shape index (κ1) is 12.5. The van der Waals surface area contributed by atoms with Gasteiger partial charge in [-0.05, 0) is 18.2 Å². The fourth-order valence-corrected chi connectivity index (χ4v) is 1.32. The number of carbonyl (C=O) groups excluding carboxylic acids is 1. The molecule has 5 nitrogen and oxygen atoms in total. The highest BCUT2D eigenvalue weighted by molar-refractivity contribution is 6.31. The lowest BCUT2D eigenvalue weighted by Gasteiger charge is -2.10. The number of carboxylic acid groups (broad SMARTS) is 1. The highest BCUT2D eigenvalue weighted by Crippen LogP contribution is 2.23. The zero-order valence-corrected chi connectivity index (χ0v) is 9.19. The second-order valence-electron chi connectivity index (χ2n) is 3.02. The van der Waals surface area contributed by atoms with Gasteiger partial charge in [-0.25, -0.2) is 0 Å². The molecule has 6 heteroatoms. The summed E-state index contributed by atoms with van der Waals surface area (Å²) >= 11 is 5.71. The number of carbonyl (C=O) groups is 2. The van der Waals surface area contributed by atoms with E-state index in [1.165, 1.54) is 25.3 Å². The summed E-state index contributed by atoms with van der Waals surface area (Å²) in [5, 5.41) is 8.93. The van der Waals surface area contributed by atoms with Crippen molar-refractivity contribution in [3.63, 3.8) is 0 Å². The van der Waals surface area contributed by atoms with Crippen LogP contribution in [0.25, 0.3) is 0 Å². The molecule has 86 valence electrons. The molecule has 1 unspecified atom stereocenters. The van der Waals surface area contributed by atoms with Crippen LogP contribution in [0.1, 0.15) is 10.4 Å². The van der Waals surface area contributed by atoms with Gasteiger partial charge in [0.1, 0.15) is 5.75 Å². The van der Waals surface area contributed by atoms with Gasteiger partial charge >= 0.3 is 5.97 Å². The lowest BCUT2D eigenvalue weighted by Crippen LogP contribution is -2.38. The van der Waals surface area contributed by atoms with Gasteiger partial charge in [0, 0.05) is 5.02 Å². The van der Waals surface area contributed by atoms with Crippen LogP contribution in [-0.4, -0.2) is 30.0 Å². The minimum absolute atomic E-state index is 0.0601. The first-order valence-electron chi connectivity index (χ1n) is 4.33. The molecule has 0 aliphatic heterocycles. The first-order chi connectivity index (χ1) is 7.47. The van der Waals surface area contributed by atoms with E-state index in [-0.39, 0.29) is 11.3 Å². The Morgan fingerprint density at radius 3 is 2.62 bits per heavy atom. The number of rotatable bonds is 4. The Morgan fingerprint density at radius 1 is 1.50 bits per heavy atom. The third-order valence-electron chi connectivity index (χ3n) is 1.98. The standard InChI is InChI=1S/C10H10ClNO4/c1-16-7-3-2-5(11)4-6(7)9(13)8(12)10(14)15/h2-4,8H,12H2,1H3,(H,14,15). The molecule has 0 aromatic heterocycles. The lowest BCUT2D eigenvalue weighted by molar-refractivity contribution is -0.137. The van der Waals surface area contributed by atoms with Crippen molar-refractivity contribution in [1.29, 1.82) is 0 Å². The van der Waals surface area contributed by atoms with Crippen molar-refractivity contribution in [3.8, 4) is 5.75 Å². The van der Waals surface area contributed by atoms with Crippen molar-refractivity contribution >= 4 is 23.4 Å². The molecule has 16 heavy (non-hydrogen) atoms. The minimum atomic E-state index is -1.62. The van der Waals surface area contributed by atoms with E-state index in [0.717, 1.165) is 0 Å². The summed E-state index contributed by atoms with van der Waals surface area (Å²) in [4.78, 5) is 22.3. The smallest absolute Gasteiger partial charge is 0.328 e. The summed E-state index contributed by atoms with van der Waals surface area (Å²) in [5.41, 5.74) is 5.28. The van der Waals surface area contributed by atoms with E-state index < -0.39 is 17.8 Å². The normalized spacial score (nSPS) is 11.9. The Bertz CT molecular complexity index is 433. The number of nitrogens with two attached hydrogens (primary N) is 1. The van der Waals surface area contributed by atoms with Crippen LogP contribution in [0.5, 0.6) is 5.75 Å². The molecule has 0 heterocycles. The maximum absolute atomic E-state index is 11.7. The van der Waals surface area contributed by atoms with Gasteiger partial charge in [-0.1, -0.05) is 11.6 Å². The molecule has 0 fully saturated rings. The van der Waals surface area contributed by atoms with Crippen LogP contribution in [0, 0.1) is 0 Å². The van der Waals surface area contributed by atoms with Crippen molar-refractivity contribution in [2.75, 3.05) is 7.11 Å². The summed E-state index contributed by atoms with van der Waals surface area (Å²) in [6, 6.07) is 2.71. The SMILES string of the molecule is COc1ccc(Cl)cc1C(=O)C(N)C(=O)O. The van der Waals surface area contributed by atoms with Crippen LogP contribution in [0.4, 0.5) is 0 Å². The van der Waals surface area contributed by atoms with E-state index in [1.54, 1.807) is 0 Å². The maximum Gasteiger partial charge on any atom is 0.328 e. The molecule has 0 saturated heterocycles. The van der Waals surface area contributed by atoms with Crippen molar-refractivity contribution in [1.82, 2.24) is 0 Å². The van der Waals surface area contributed by atoms with E-state index in [2.05, 4.69) is 0 Å². The average Bonchev–Trinajstić information content (AvgIpc) is 2.26. The number of ketones is 1. The van der Waals surface area contributed by atoms with Crippen LogP contribution in [0.3, 0.4) is 0 Å². The molecule has 1 rings (SSSR count). The van der Waals surface area contributed by atoms with Gasteiger partial charge in [-0.3, -0.25) is 9.59 Å². The number of Topliss-reactive ketones (excluding diaryl/α,β-unsaturated/α-hetero) is 1. The van der Waals surface area contributed by atoms with Crippen LogP contribution >= 0.6 is 11.6 Å². The summed E-state index contributed by atoms with van der Waals surface area (Å²) in [6.07, 6.45) is 0. The molecule has 0 bridgehead atoms. The first-order valence-corrected chi connectivity index (χ1v) is 4.71. The zero-order chi connectivity index (χ0) is 12.3. The predicted molar refractivity (Wildman–Crippen MR) is 57.9 cm³/mol. The third-order valence-corrected chi connectivity index (χ3v) is 2.21. The number of hydrogen-bond donors (Lipinski definition) is 2. The monoisotopic (exact) mass is 243 g/mol. The van der Waals surface area contributed by atoms with E-state index in [0.29, 0.717) is 5.02 Å². The number of methoxy groups -OCH3 is 1. The number of aliphatic carboxylic acids is 1. The number of carboxylic acids is 1. The Labute approximate surface area is 96.8 Å². The molecule has 0 aliphatic carbocycles. The molecule has 0 radical (unpaired) electrons. The van der Waals surface area contributed by atoms with Gasteiger partial charge < -0.3 is 15.6 Å². The molecule has 1 atom stereocenters. The summed E-state index contributed by atoms with van der Waals surface area (Å²) in [7, 11) is 1.37. The quantitative estimate of drug-likeness (QED) is 0.607. The number of benzene rings is 1. The van der Waals surface area contributed by atoms with Gasteiger partial charge in [0.15, 0.2) is 11.8 Å². The molecular weight excluding hydrogens is 234 g/mol. The van der Waals surface area contributed by atoms with Crippen molar-refractivity contribution < 1.29 is 19.4 Å². The van der Waals surface area contributed by atoms with Crippen molar-refractivity contribution in [2.24, 2.45) is 5.73 Å². The van der Waals surface area contributed by atoms with Gasteiger partial charge in [0.05, 0.1) is 12.7 Å². The summed E-state index contributed by atoms with van der Waals surface area (Å²) in [5.74, 6) is -1.90. The van der Waals surface area contributed by atoms with Crippen molar-refractivity contribution in [2.45, 2.75) is 6.04 Å². The molecule has 0 spiro atoms. The highest BCUT2D eigenvalue weighted by Gasteiger charge is 2.25. The fourth-order valence-electron chi connectivity index (χ4n) is 1.15. The topological polar surface area (TPSA) is 89.6 Å².